The summed E-state index contributed by atoms with van der Waals surface area (Å²) in [5.74, 6) is 0.316. The highest BCUT2D eigenvalue weighted by Gasteiger charge is 2.31. The summed E-state index contributed by atoms with van der Waals surface area (Å²) in [6.07, 6.45) is 7.24. The van der Waals surface area contributed by atoms with E-state index in [0.717, 1.165) is 60.7 Å². The van der Waals surface area contributed by atoms with Gasteiger partial charge in [-0.3, -0.25) is 9.69 Å². The molecule has 5 rings (SSSR count). The van der Waals surface area contributed by atoms with Crippen LogP contribution in [0.1, 0.15) is 13.3 Å². The number of hydrogen-bond donors (Lipinski definition) is 2. The van der Waals surface area contributed by atoms with Crippen LogP contribution in [0.25, 0.3) is 22.3 Å². The van der Waals surface area contributed by atoms with E-state index in [9.17, 15) is 4.79 Å². The van der Waals surface area contributed by atoms with Gasteiger partial charge in [-0.15, -0.1) is 11.3 Å². The first-order valence-corrected chi connectivity index (χ1v) is 11.5. The Labute approximate surface area is 190 Å². The second-order valence-corrected chi connectivity index (χ2v) is 9.27. The number of hydrogen-bond acceptors (Lipinski definition) is 8. The van der Waals surface area contributed by atoms with Gasteiger partial charge in [0.25, 0.3) is 5.56 Å². The van der Waals surface area contributed by atoms with Crippen molar-refractivity contribution >= 4 is 33.3 Å². The van der Waals surface area contributed by atoms with Crippen molar-refractivity contribution in [3.63, 3.8) is 0 Å². The topological polar surface area (TPSA) is 98.3 Å². The van der Waals surface area contributed by atoms with Gasteiger partial charge in [0.05, 0.1) is 29.9 Å². The summed E-state index contributed by atoms with van der Waals surface area (Å²) >= 11 is 1.39. The summed E-state index contributed by atoms with van der Waals surface area (Å²) in [6.45, 7) is 5.64. The van der Waals surface area contributed by atoms with Gasteiger partial charge in [-0.2, -0.15) is 0 Å². The first-order valence-electron chi connectivity index (χ1n) is 10.6. The number of morpholine rings is 1. The Morgan fingerprint density at radius 2 is 2.06 bits per heavy atom. The van der Waals surface area contributed by atoms with Gasteiger partial charge in [0.2, 0.25) is 0 Å². The second kappa shape index (κ2) is 8.16. The lowest BCUT2D eigenvalue weighted by Crippen LogP contribution is -2.50. The number of fused-ring (bicyclic) bond motifs is 1. The third-order valence-corrected chi connectivity index (χ3v) is 6.92. The highest BCUT2D eigenvalue weighted by atomic mass is 32.1. The standard InChI is InChI=1S/C23H26N6O2S/c1-23(29-9-11-31-12-10-29)7-5-16(6-8-23)25-20-21(30)28(2)19-13-15(3-4-17(19)26-20)18-14-32-22(24)27-18/h3-7,13-14H,8-12H2,1-2H3,(H2,24,27)(H,25,26). The van der Waals surface area contributed by atoms with Crippen molar-refractivity contribution in [2.45, 2.75) is 18.9 Å². The van der Waals surface area contributed by atoms with E-state index >= 15 is 0 Å². The van der Waals surface area contributed by atoms with Crippen molar-refractivity contribution in [2.75, 3.05) is 37.4 Å². The molecular weight excluding hydrogens is 424 g/mol. The molecule has 8 nitrogen and oxygen atoms in total. The van der Waals surface area contributed by atoms with Crippen LogP contribution in [0, 0.1) is 0 Å². The Bertz CT molecular complexity index is 1290. The third-order valence-electron chi connectivity index (χ3n) is 6.25. The van der Waals surface area contributed by atoms with Gasteiger partial charge in [0.1, 0.15) is 0 Å². The van der Waals surface area contributed by atoms with E-state index in [0.29, 0.717) is 10.9 Å². The number of rotatable bonds is 4. The van der Waals surface area contributed by atoms with E-state index in [1.54, 1.807) is 11.6 Å². The number of anilines is 2. The number of nitrogen functional groups attached to an aromatic ring is 1. The zero-order valence-electron chi connectivity index (χ0n) is 18.2. The van der Waals surface area contributed by atoms with Crippen LogP contribution >= 0.6 is 11.3 Å². The fourth-order valence-electron chi connectivity index (χ4n) is 4.24. The van der Waals surface area contributed by atoms with Crippen LogP contribution in [0.15, 0.2) is 52.3 Å². The number of nitrogens with one attached hydrogen (secondary N) is 1. The van der Waals surface area contributed by atoms with E-state index in [-0.39, 0.29) is 11.1 Å². The number of ether oxygens (including phenoxy) is 1. The minimum Gasteiger partial charge on any atom is -0.379 e. The number of aryl methyl sites for hydroxylation is 1. The van der Waals surface area contributed by atoms with Crippen LogP contribution in [0.5, 0.6) is 0 Å². The number of nitrogens with zero attached hydrogens (tertiary/aromatic N) is 4. The molecule has 1 saturated heterocycles. The van der Waals surface area contributed by atoms with Gasteiger partial charge in [0.15, 0.2) is 10.9 Å². The zero-order chi connectivity index (χ0) is 22.3. The largest absolute Gasteiger partial charge is 0.379 e. The fourth-order valence-corrected chi connectivity index (χ4v) is 4.82. The average molecular weight is 451 g/mol. The molecule has 0 radical (unpaired) electrons. The SMILES string of the molecule is Cn1c(=O)c(NC2=CCC(C)(N3CCOCC3)C=C2)nc2ccc(-c3csc(N)n3)cc21. The highest BCUT2D eigenvalue weighted by Crippen LogP contribution is 2.29. The monoisotopic (exact) mass is 450 g/mol. The van der Waals surface area contributed by atoms with E-state index in [2.05, 4.69) is 39.3 Å². The molecule has 1 aliphatic carbocycles. The molecule has 0 saturated carbocycles. The maximum Gasteiger partial charge on any atom is 0.293 e. The first kappa shape index (κ1) is 20.9. The molecule has 0 spiro atoms. The van der Waals surface area contributed by atoms with E-state index in [4.69, 9.17) is 10.5 Å². The lowest BCUT2D eigenvalue weighted by atomic mass is 9.90. The normalized spacial score (nSPS) is 21.6. The molecule has 9 heteroatoms. The molecule has 166 valence electrons. The summed E-state index contributed by atoms with van der Waals surface area (Å²) in [7, 11) is 1.76. The summed E-state index contributed by atoms with van der Waals surface area (Å²) in [4.78, 5) is 24.4. The molecule has 0 bridgehead atoms. The molecule has 1 unspecified atom stereocenters. The highest BCUT2D eigenvalue weighted by molar-refractivity contribution is 7.13. The van der Waals surface area contributed by atoms with E-state index < -0.39 is 0 Å². The molecule has 1 aliphatic heterocycles. The van der Waals surface area contributed by atoms with Crippen LogP contribution in [0.4, 0.5) is 10.9 Å². The van der Waals surface area contributed by atoms with Crippen molar-refractivity contribution in [2.24, 2.45) is 7.05 Å². The molecule has 3 aromatic rings. The number of allylic oxidation sites excluding steroid dienone is 1. The lowest BCUT2D eigenvalue weighted by molar-refractivity contribution is -0.0000488. The Balaban J connectivity index is 1.40. The molecule has 3 N–H and O–H groups in total. The zero-order valence-corrected chi connectivity index (χ0v) is 19.0. The van der Waals surface area contributed by atoms with Crippen molar-refractivity contribution in [3.8, 4) is 11.3 Å². The van der Waals surface area contributed by atoms with Crippen molar-refractivity contribution < 1.29 is 4.74 Å². The van der Waals surface area contributed by atoms with Crippen LogP contribution in [0.2, 0.25) is 0 Å². The third kappa shape index (κ3) is 3.83. The molecular formula is C23H26N6O2S. The average Bonchev–Trinajstić information content (AvgIpc) is 3.25. The molecule has 2 aromatic heterocycles. The second-order valence-electron chi connectivity index (χ2n) is 8.38. The smallest absolute Gasteiger partial charge is 0.293 e. The maximum absolute atomic E-state index is 13.0. The van der Waals surface area contributed by atoms with Gasteiger partial charge >= 0.3 is 0 Å². The number of aromatic nitrogens is 3. The Hall–Kier alpha value is -3.01. The predicted molar refractivity (Wildman–Crippen MR) is 129 cm³/mol. The van der Waals surface area contributed by atoms with Gasteiger partial charge < -0.3 is 20.4 Å². The van der Waals surface area contributed by atoms with Gasteiger partial charge in [-0.25, -0.2) is 9.97 Å². The summed E-state index contributed by atoms with van der Waals surface area (Å²) < 4.78 is 7.10. The molecule has 1 fully saturated rings. The quantitative estimate of drug-likeness (QED) is 0.630. The minimum atomic E-state index is -0.178. The first-order chi connectivity index (χ1) is 15.4. The van der Waals surface area contributed by atoms with Gasteiger partial charge in [-0.1, -0.05) is 18.2 Å². The minimum absolute atomic E-state index is 0.0355. The molecule has 1 atom stereocenters. The van der Waals surface area contributed by atoms with E-state index in [1.165, 1.54) is 11.3 Å². The Morgan fingerprint density at radius 3 is 2.75 bits per heavy atom. The molecule has 32 heavy (non-hydrogen) atoms. The number of thiazole rings is 1. The fraction of sp³-hybridized carbons (Fsp3) is 0.348. The summed E-state index contributed by atoms with van der Waals surface area (Å²) in [5, 5.41) is 5.66. The lowest BCUT2D eigenvalue weighted by Gasteiger charge is -2.42. The van der Waals surface area contributed by atoms with Gasteiger partial charge in [-0.05, 0) is 31.6 Å². The van der Waals surface area contributed by atoms with Gasteiger partial charge in [0, 0.05) is 42.3 Å². The summed E-state index contributed by atoms with van der Waals surface area (Å²) in [6, 6.07) is 5.78. The summed E-state index contributed by atoms with van der Waals surface area (Å²) in [5.41, 5.74) is 9.62. The number of benzene rings is 1. The van der Waals surface area contributed by atoms with Crippen LogP contribution in [0.3, 0.4) is 0 Å². The number of nitrogens with two attached hydrogens (primary N) is 1. The molecule has 3 heterocycles. The van der Waals surface area contributed by atoms with Crippen LogP contribution in [-0.4, -0.2) is 51.3 Å². The van der Waals surface area contributed by atoms with Crippen LogP contribution < -0.4 is 16.6 Å². The molecule has 1 aromatic carbocycles. The molecule has 2 aliphatic rings. The predicted octanol–water partition coefficient (Wildman–Crippen LogP) is 2.99. The maximum atomic E-state index is 13.0. The Kier molecular flexibility index (Phi) is 5.32. The van der Waals surface area contributed by atoms with Crippen molar-refractivity contribution in [1.82, 2.24) is 19.4 Å². The van der Waals surface area contributed by atoms with Crippen molar-refractivity contribution in [1.29, 1.82) is 0 Å². The van der Waals surface area contributed by atoms with E-state index in [1.807, 2.05) is 29.7 Å². The Morgan fingerprint density at radius 1 is 1.25 bits per heavy atom. The van der Waals surface area contributed by atoms with Crippen molar-refractivity contribution in [3.05, 3.63) is 57.9 Å². The van der Waals surface area contributed by atoms with Crippen LogP contribution in [-0.2, 0) is 11.8 Å². The molecule has 0 amide bonds.